The van der Waals surface area contributed by atoms with Crippen LogP contribution in [0.4, 0.5) is 10.2 Å². The Labute approximate surface area is 145 Å². The van der Waals surface area contributed by atoms with E-state index >= 15 is 0 Å². The van der Waals surface area contributed by atoms with Gasteiger partial charge in [0.2, 0.25) is 0 Å². The highest BCUT2D eigenvalue weighted by molar-refractivity contribution is 6.05. The molecule has 1 aliphatic carbocycles. The maximum Gasteiger partial charge on any atom is 0.273 e. The third-order valence-electron chi connectivity index (χ3n) is 4.99. The number of anilines is 1. The van der Waals surface area contributed by atoms with Crippen LogP contribution in [-0.2, 0) is 0 Å². The number of amides is 1. The first-order chi connectivity index (χ1) is 12.1. The van der Waals surface area contributed by atoms with Crippen LogP contribution < -0.4 is 5.32 Å². The van der Waals surface area contributed by atoms with Crippen molar-refractivity contribution in [2.24, 2.45) is 0 Å². The predicted molar refractivity (Wildman–Crippen MR) is 95.3 cm³/mol. The lowest BCUT2D eigenvalue weighted by atomic mass is 9.96. The molecule has 1 saturated carbocycles. The second kappa shape index (κ2) is 6.35. The summed E-state index contributed by atoms with van der Waals surface area (Å²) in [5, 5.41) is 8.19. The molecule has 1 aromatic carbocycles. The molecule has 1 fully saturated rings. The number of rotatable bonds is 3. The molecule has 2 heterocycles. The van der Waals surface area contributed by atoms with E-state index in [2.05, 4.69) is 15.4 Å². The summed E-state index contributed by atoms with van der Waals surface area (Å²) in [5.74, 6) is 0.154. The van der Waals surface area contributed by atoms with Crippen LogP contribution in [0, 0.1) is 12.7 Å². The molecule has 0 unspecified atom stereocenters. The van der Waals surface area contributed by atoms with Gasteiger partial charge in [0.15, 0.2) is 0 Å². The van der Waals surface area contributed by atoms with Gasteiger partial charge >= 0.3 is 0 Å². The van der Waals surface area contributed by atoms with Crippen molar-refractivity contribution in [3.63, 3.8) is 0 Å². The number of nitrogens with zero attached hydrogens (tertiary/aromatic N) is 2. The second-order valence-corrected chi connectivity index (χ2v) is 6.77. The van der Waals surface area contributed by atoms with Gasteiger partial charge in [-0.3, -0.25) is 4.79 Å². The van der Waals surface area contributed by atoms with E-state index in [1.54, 1.807) is 12.3 Å². The van der Waals surface area contributed by atoms with Crippen LogP contribution in [0.2, 0.25) is 0 Å². The summed E-state index contributed by atoms with van der Waals surface area (Å²) in [4.78, 5) is 15.6. The highest BCUT2D eigenvalue weighted by atomic mass is 19.1. The first-order valence-electron chi connectivity index (χ1n) is 8.75. The Bertz CT molecular complexity index is 921. The maximum atomic E-state index is 13.5. The fourth-order valence-corrected chi connectivity index (χ4v) is 3.71. The zero-order valence-electron chi connectivity index (χ0n) is 14.2. The molecule has 0 saturated heterocycles. The third-order valence-corrected chi connectivity index (χ3v) is 4.99. The Morgan fingerprint density at radius 3 is 2.88 bits per heavy atom. The number of carbonyl (C=O) groups is 1. The first kappa shape index (κ1) is 15.9. The van der Waals surface area contributed by atoms with Crippen molar-refractivity contribution in [2.75, 3.05) is 5.32 Å². The summed E-state index contributed by atoms with van der Waals surface area (Å²) >= 11 is 0. The second-order valence-electron chi connectivity index (χ2n) is 6.77. The average Bonchev–Trinajstić information content (AvgIpc) is 3.22. The van der Waals surface area contributed by atoms with E-state index in [1.807, 2.05) is 17.7 Å². The van der Waals surface area contributed by atoms with Crippen molar-refractivity contribution in [2.45, 2.75) is 45.1 Å². The van der Waals surface area contributed by atoms with Gasteiger partial charge in [0.05, 0.1) is 12.2 Å². The number of hydrogen-bond acceptors (Lipinski definition) is 2. The van der Waals surface area contributed by atoms with Gasteiger partial charge < -0.3 is 10.3 Å². The summed E-state index contributed by atoms with van der Waals surface area (Å²) in [6, 6.07) is 6.81. The smallest absolute Gasteiger partial charge is 0.273 e. The number of fused-ring (bicyclic) bond motifs is 1. The summed E-state index contributed by atoms with van der Waals surface area (Å²) in [6.45, 7) is 1.83. The number of aromatic nitrogens is 3. The van der Waals surface area contributed by atoms with E-state index < -0.39 is 0 Å². The SMILES string of the molecule is Cc1cc(F)cc2[nH]c(C(=O)Nc3ccnn3C3CCCCC3)cc12. The highest BCUT2D eigenvalue weighted by Crippen LogP contribution is 2.30. The molecule has 1 amide bonds. The van der Waals surface area contributed by atoms with Crippen molar-refractivity contribution in [1.29, 1.82) is 0 Å². The van der Waals surface area contributed by atoms with Crippen LogP contribution in [-0.4, -0.2) is 20.7 Å². The van der Waals surface area contributed by atoms with Crippen molar-refractivity contribution in [1.82, 2.24) is 14.8 Å². The van der Waals surface area contributed by atoms with Gasteiger partial charge in [-0.2, -0.15) is 5.10 Å². The molecule has 0 spiro atoms. The van der Waals surface area contributed by atoms with E-state index in [9.17, 15) is 9.18 Å². The molecule has 2 aromatic heterocycles. The number of hydrogen-bond donors (Lipinski definition) is 2. The lowest BCUT2D eigenvalue weighted by molar-refractivity contribution is 0.102. The number of halogens is 1. The molecular weight excluding hydrogens is 319 g/mol. The molecule has 0 aliphatic heterocycles. The largest absolute Gasteiger partial charge is 0.350 e. The van der Waals surface area contributed by atoms with E-state index in [1.165, 1.54) is 31.4 Å². The molecule has 4 rings (SSSR count). The zero-order valence-corrected chi connectivity index (χ0v) is 14.2. The maximum absolute atomic E-state index is 13.5. The van der Waals surface area contributed by atoms with Crippen LogP contribution in [0.5, 0.6) is 0 Å². The molecule has 130 valence electrons. The standard InChI is InChI=1S/C19H21FN4O/c1-12-9-13(20)10-16-15(12)11-17(22-16)19(25)23-18-7-8-21-24(18)14-5-3-2-4-6-14/h7-11,14,22H,2-6H2,1H3,(H,23,25). The summed E-state index contributed by atoms with van der Waals surface area (Å²) in [7, 11) is 0. The van der Waals surface area contributed by atoms with Crippen molar-refractivity contribution >= 4 is 22.6 Å². The Morgan fingerprint density at radius 1 is 1.28 bits per heavy atom. The van der Waals surface area contributed by atoms with Crippen LogP contribution in [0.15, 0.2) is 30.5 Å². The van der Waals surface area contributed by atoms with Gasteiger partial charge in [-0.05, 0) is 43.5 Å². The van der Waals surface area contributed by atoms with E-state index in [-0.39, 0.29) is 11.7 Å². The molecule has 3 aromatic rings. The van der Waals surface area contributed by atoms with Gasteiger partial charge in [-0.25, -0.2) is 9.07 Å². The van der Waals surface area contributed by atoms with E-state index in [0.29, 0.717) is 23.1 Å². The van der Waals surface area contributed by atoms with Gasteiger partial charge in [0, 0.05) is 17.0 Å². The van der Waals surface area contributed by atoms with Crippen LogP contribution >= 0.6 is 0 Å². The van der Waals surface area contributed by atoms with Crippen molar-refractivity contribution < 1.29 is 9.18 Å². The fraction of sp³-hybridized carbons (Fsp3) is 0.368. The zero-order chi connectivity index (χ0) is 17.4. The van der Waals surface area contributed by atoms with E-state index in [4.69, 9.17) is 0 Å². The summed E-state index contributed by atoms with van der Waals surface area (Å²) < 4.78 is 15.5. The Morgan fingerprint density at radius 2 is 2.08 bits per heavy atom. The third kappa shape index (κ3) is 3.04. The Hall–Kier alpha value is -2.63. The number of nitrogens with one attached hydrogen (secondary N) is 2. The number of H-pyrrole nitrogens is 1. The minimum Gasteiger partial charge on any atom is -0.350 e. The lowest BCUT2D eigenvalue weighted by Crippen LogP contribution is -2.20. The summed E-state index contributed by atoms with van der Waals surface area (Å²) in [5.41, 5.74) is 1.85. The Kier molecular flexibility index (Phi) is 4.03. The first-order valence-corrected chi connectivity index (χ1v) is 8.75. The van der Waals surface area contributed by atoms with Gasteiger partial charge in [-0.15, -0.1) is 0 Å². The van der Waals surface area contributed by atoms with Crippen LogP contribution in [0.1, 0.15) is 54.2 Å². The topological polar surface area (TPSA) is 62.7 Å². The van der Waals surface area contributed by atoms with Gasteiger partial charge in [0.25, 0.3) is 5.91 Å². The fourth-order valence-electron chi connectivity index (χ4n) is 3.71. The molecule has 0 radical (unpaired) electrons. The molecule has 1 aliphatic rings. The van der Waals surface area contributed by atoms with Crippen molar-refractivity contribution in [3.8, 4) is 0 Å². The lowest BCUT2D eigenvalue weighted by Gasteiger charge is -2.23. The average molecular weight is 340 g/mol. The number of aryl methyl sites for hydroxylation is 1. The van der Waals surface area contributed by atoms with E-state index in [0.717, 1.165) is 23.8 Å². The molecule has 2 N–H and O–H groups in total. The monoisotopic (exact) mass is 340 g/mol. The molecule has 6 heteroatoms. The molecule has 0 atom stereocenters. The van der Waals surface area contributed by atoms with Gasteiger partial charge in [-0.1, -0.05) is 19.3 Å². The molecule has 5 nitrogen and oxygen atoms in total. The minimum atomic E-state index is -0.311. The molecule has 25 heavy (non-hydrogen) atoms. The van der Waals surface area contributed by atoms with Crippen LogP contribution in [0.3, 0.4) is 0 Å². The van der Waals surface area contributed by atoms with Crippen LogP contribution in [0.25, 0.3) is 10.9 Å². The Balaban J connectivity index is 1.58. The van der Waals surface area contributed by atoms with Crippen molar-refractivity contribution in [3.05, 3.63) is 47.5 Å². The van der Waals surface area contributed by atoms with Gasteiger partial charge in [0.1, 0.15) is 17.3 Å². The number of aromatic amines is 1. The minimum absolute atomic E-state index is 0.242. The number of benzene rings is 1. The predicted octanol–water partition coefficient (Wildman–Crippen LogP) is 4.57. The molecular formula is C19H21FN4O. The summed E-state index contributed by atoms with van der Waals surface area (Å²) in [6.07, 6.45) is 7.57. The normalized spacial score (nSPS) is 15.6. The highest BCUT2D eigenvalue weighted by Gasteiger charge is 2.20. The quantitative estimate of drug-likeness (QED) is 0.733. The molecule has 0 bridgehead atoms. The number of carbonyl (C=O) groups excluding carboxylic acids is 1.